The van der Waals surface area contributed by atoms with Crippen LogP contribution in [0.5, 0.6) is 0 Å². The number of amides is 1. The molecule has 3 aromatic heterocycles. The maximum absolute atomic E-state index is 12.4. The van der Waals surface area contributed by atoms with E-state index in [-0.39, 0.29) is 17.6 Å². The highest BCUT2D eigenvalue weighted by molar-refractivity contribution is 7.99. The monoisotopic (exact) mass is 393 g/mol. The van der Waals surface area contributed by atoms with Crippen molar-refractivity contribution in [3.05, 3.63) is 54.7 Å². The standard InChI is InChI=1S/C19H15N5O3S/c25-16(11-28-19-21-14-3-1-2-4-15(14)26-19)24-9-13(10-24)18-22-17(23-27-18)12-5-7-20-8-6-12/h1-8,13H,9-11H2. The molecule has 0 unspecified atom stereocenters. The number of carbonyl (C=O) groups excluding carboxylic acids is 1. The lowest BCUT2D eigenvalue weighted by molar-refractivity contribution is -0.133. The van der Waals surface area contributed by atoms with Gasteiger partial charge in [0.15, 0.2) is 5.58 Å². The number of aromatic nitrogens is 4. The van der Waals surface area contributed by atoms with Crippen LogP contribution in [0.15, 0.2) is 63.0 Å². The summed E-state index contributed by atoms with van der Waals surface area (Å²) in [5.74, 6) is 1.49. The topological polar surface area (TPSA) is 98.2 Å². The minimum absolute atomic E-state index is 0.0392. The first kappa shape index (κ1) is 16.9. The van der Waals surface area contributed by atoms with E-state index in [9.17, 15) is 4.79 Å². The zero-order valence-corrected chi connectivity index (χ0v) is 15.5. The van der Waals surface area contributed by atoms with E-state index in [2.05, 4.69) is 20.1 Å². The Labute approximate surface area is 164 Å². The van der Waals surface area contributed by atoms with Crippen LogP contribution in [0.1, 0.15) is 11.8 Å². The number of oxazole rings is 1. The minimum atomic E-state index is 0.0392. The number of para-hydroxylation sites is 2. The van der Waals surface area contributed by atoms with Crippen molar-refractivity contribution in [2.24, 2.45) is 0 Å². The molecule has 1 amide bonds. The van der Waals surface area contributed by atoms with Crippen LogP contribution in [0.3, 0.4) is 0 Å². The summed E-state index contributed by atoms with van der Waals surface area (Å²) in [7, 11) is 0. The van der Waals surface area contributed by atoms with Gasteiger partial charge >= 0.3 is 0 Å². The SMILES string of the molecule is O=C(CSc1nc2ccccc2o1)N1CC(c2nc(-c3ccncc3)no2)C1. The minimum Gasteiger partial charge on any atom is -0.431 e. The number of hydrogen-bond acceptors (Lipinski definition) is 8. The van der Waals surface area contributed by atoms with Gasteiger partial charge in [-0.3, -0.25) is 9.78 Å². The fourth-order valence-corrected chi connectivity index (χ4v) is 3.73. The van der Waals surface area contributed by atoms with Crippen molar-refractivity contribution in [3.63, 3.8) is 0 Å². The van der Waals surface area contributed by atoms with E-state index >= 15 is 0 Å². The molecule has 0 saturated carbocycles. The molecule has 5 rings (SSSR count). The van der Waals surface area contributed by atoms with Crippen molar-refractivity contribution in [2.45, 2.75) is 11.1 Å². The molecular formula is C19H15N5O3S. The molecule has 4 aromatic rings. The van der Waals surface area contributed by atoms with Crippen LogP contribution in [0.4, 0.5) is 0 Å². The average Bonchev–Trinajstić information content (AvgIpc) is 3.33. The summed E-state index contributed by atoms with van der Waals surface area (Å²) in [6.45, 7) is 1.15. The second kappa shape index (κ2) is 7.08. The van der Waals surface area contributed by atoms with Gasteiger partial charge in [-0.1, -0.05) is 29.1 Å². The summed E-state index contributed by atoms with van der Waals surface area (Å²) in [6.07, 6.45) is 3.37. The molecule has 140 valence electrons. The number of carbonyl (C=O) groups is 1. The maximum atomic E-state index is 12.4. The first-order valence-electron chi connectivity index (χ1n) is 8.76. The molecule has 1 aliphatic rings. The molecule has 0 atom stereocenters. The zero-order chi connectivity index (χ0) is 18.9. The highest BCUT2D eigenvalue weighted by atomic mass is 32.2. The van der Waals surface area contributed by atoms with Gasteiger partial charge in [-0.25, -0.2) is 4.98 Å². The van der Waals surface area contributed by atoms with Crippen molar-refractivity contribution in [1.29, 1.82) is 0 Å². The molecule has 0 N–H and O–H groups in total. The van der Waals surface area contributed by atoms with Gasteiger partial charge < -0.3 is 13.8 Å². The van der Waals surface area contributed by atoms with Gasteiger partial charge in [-0.2, -0.15) is 4.98 Å². The van der Waals surface area contributed by atoms with E-state index in [1.54, 1.807) is 17.3 Å². The van der Waals surface area contributed by atoms with Crippen LogP contribution < -0.4 is 0 Å². The Morgan fingerprint density at radius 2 is 1.96 bits per heavy atom. The van der Waals surface area contributed by atoms with Crippen LogP contribution in [-0.2, 0) is 4.79 Å². The molecule has 0 spiro atoms. The van der Waals surface area contributed by atoms with Gasteiger partial charge in [0, 0.05) is 31.0 Å². The Kier molecular flexibility index (Phi) is 4.28. The van der Waals surface area contributed by atoms with E-state index in [0.717, 1.165) is 16.7 Å². The van der Waals surface area contributed by atoms with E-state index in [0.29, 0.717) is 30.0 Å². The number of pyridine rings is 1. The van der Waals surface area contributed by atoms with Crippen molar-refractivity contribution >= 4 is 28.8 Å². The quantitative estimate of drug-likeness (QED) is 0.477. The van der Waals surface area contributed by atoms with Gasteiger partial charge in [0.1, 0.15) is 5.52 Å². The maximum Gasteiger partial charge on any atom is 0.257 e. The molecule has 0 radical (unpaired) electrons. The predicted octanol–water partition coefficient (Wildman–Crippen LogP) is 2.99. The Morgan fingerprint density at radius 3 is 2.79 bits per heavy atom. The smallest absolute Gasteiger partial charge is 0.257 e. The number of benzene rings is 1. The number of thioether (sulfide) groups is 1. The fourth-order valence-electron chi connectivity index (χ4n) is 2.99. The molecule has 8 nitrogen and oxygen atoms in total. The third-order valence-electron chi connectivity index (χ3n) is 4.56. The van der Waals surface area contributed by atoms with Crippen LogP contribution in [0.25, 0.3) is 22.5 Å². The second-order valence-corrected chi connectivity index (χ2v) is 7.35. The van der Waals surface area contributed by atoms with Crippen molar-refractivity contribution in [2.75, 3.05) is 18.8 Å². The molecule has 0 bridgehead atoms. The first-order chi connectivity index (χ1) is 13.8. The Balaban J connectivity index is 1.15. The lowest BCUT2D eigenvalue weighted by atomic mass is 10.0. The number of fused-ring (bicyclic) bond motifs is 1. The molecule has 28 heavy (non-hydrogen) atoms. The molecule has 9 heteroatoms. The summed E-state index contributed by atoms with van der Waals surface area (Å²) in [4.78, 5) is 26.9. The normalized spacial score (nSPS) is 14.4. The summed E-state index contributed by atoms with van der Waals surface area (Å²) in [5, 5.41) is 4.52. The molecule has 0 aliphatic carbocycles. The van der Waals surface area contributed by atoms with Crippen LogP contribution in [0, 0.1) is 0 Å². The van der Waals surface area contributed by atoms with E-state index in [1.165, 1.54) is 11.8 Å². The first-order valence-corrected chi connectivity index (χ1v) is 9.75. The molecule has 4 heterocycles. The van der Waals surface area contributed by atoms with E-state index in [4.69, 9.17) is 8.94 Å². The Morgan fingerprint density at radius 1 is 1.14 bits per heavy atom. The Bertz CT molecular complexity index is 1090. The number of rotatable bonds is 5. The highest BCUT2D eigenvalue weighted by Gasteiger charge is 2.35. The molecule has 1 fully saturated rings. The molecule has 1 aliphatic heterocycles. The lowest BCUT2D eigenvalue weighted by Crippen LogP contribution is -2.49. The van der Waals surface area contributed by atoms with Crippen LogP contribution >= 0.6 is 11.8 Å². The second-order valence-electron chi connectivity index (χ2n) is 6.42. The van der Waals surface area contributed by atoms with Crippen molar-refractivity contribution < 1.29 is 13.7 Å². The van der Waals surface area contributed by atoms with Gasteiger partial charge in [-0.05, 0) is 24.3 Å². The number of hydrogen-bond donors (Lipinski definition) is 0. The zero-order valence-electron chi connectivity index (χ0n) is 14.7. The number of likely N-dealkylation sites (tertiary alicyclic amines) is 1. The molecule has 1 saturated heterocycles. The summed E-state index contributed by atoms with van der Waals surface area (Å²) in [5.41, 5.74) is 2.37. The molecule has 1 aromatic carbocycles. The van der Waals surface area contributed by atoms with E-state index in [1.807, 2.05) is 36.4 Å². The largest absolute Gasteiger partial charge is 0.431 e. The highest BCUT2D eigenvalue weighted by Crippen LogP contribution is 2.29. The lowest BCUT2D eigenvalue weighted by Gasteiger charge is -2.36. The number of nitrogens with zero attached hydrogens (tertiary/aromatic N) is 5. The summed E-state index contributed by atoms with van der Waals surface area (Å²) in [6, 6.07) is 11.2. The van der Waals surface area contributed by atoms with Gasteiger partial charge in [0.2, 0.25) is 17.6 Å². The van der Waals surface area contributed by atoms with Crippen molar-refractivity contribution in [1.82, 2.24) is 25.0 Å². The van der Waals surface area contributed by atoms with Gasteiger partial charge in [-0.15, -0.1) is 0 Å². The fraction of sp³-hybridized carbons (Fsp3) is 0.211. The Hall–Kier alpha value is -3.20. The average molecular weight is 393 g/mol. The predicted molar refractivity (Wildman–Crippen MR) is 102 cm³/mol. The van der Waals surface area contributed by atoms with Crippen LogP contribution in [-0.4, -0.2) is 49.8 Å². The van der Waals surface area contributed by atoms with Crippen molar-refractivity contribution in [3.8, 4) is 11.4 Å². The third-order valence-corrected chi connectivity index (χ3v) is 5.37. The summed E-state index contributed by atoms with van der Waals surface area (Å²) < 4.78 is 11.0. The van der Waals surface area contributed by atoms with Gasteiger partial charge in [0.25, 0.3) is 5.22 Å². The summed E-state index contributed by atoms with van der Waals surface area (Å²) >= 11 is 1.30. The van der Waals surface area contributed by atoms with Crippen LogP contribution in [0.2, 0.25) is 0 Å². The van der Waals surface area contributed by atoms with Gasteiger partial charge in [0.05, 0.1) is 11.7 Å². The van der Waals surface area contributed by atoms with E-state index < -0.39 is 0 Å². The third kappa shape index (κ3) is 3.24. The molecular weight excluding hydrogens is 378 g/mol.